The molecule has 21 heavy (non-hydrogen) atoms. The lowest BCUT2D eigenvalue weighted by Crippen LogP contribution is -2.30. The molecule has 2 rings (SSSR count). The molecule has 114 valence electrons. The SMILES string of the molecule is CC1(C)CCN(S(=O)(=O)c2cccc(/C=C/C(=O)O)c2)C1. The van der Waals surface area contributed by atoms with E-state index in [9.17, 15) is 13.2 Å². The Bertz CT molecular complexity index is 677. The summed E-state index contributed by atoms with van der Waals surface area (Å²) >= 11 is 0. The quantitative estimate of drug-likeness (QED) is 0.865. The number of hydrogen-bond donors (Lipinski definition) is 1. The van der Waals surface area contributed by atoms with Gasteiger partial charge in [-0.05, 0) is 35.6 Å². The van der Waals surface area contributed by atoms with Gasteiger partial charge < -0.3 is 5.11 Å². The Morgan fingerprint density at radius 1 is 1.38 bits per heavy atom. The number of carboxylic acid groups (broad SMARTS) is 1. The van der Waals surface area contributed by atoms with Gasteiger partial charge in [-0.1, -0.05) is 26.0 Å². The Kier molecular flexibility index (Phi) is 4.20. The van der Waals surface area contributed by atoms with Gasteiger partial charge >= 0.3 is 5.97 Å². The number of carboxylic acids is 1. The van der Waals surface area contributed by atoms with Crippen molar-refractivity contribution in [3.05, 3.63) is 35.9 Å². The topological polar surface area (TPSA) is 74.7 Å². The largest absolute Gasteiger partial charge is 0.478 e. The van der Waals surface area contributed by atoms with Crippen molar-refractivity contribution in [1.82, 2.24) is 4.31 Å². The second-order valence-electron chi connectivity index (χ2n) is 6.00. The summed E-state index contributed by atoms with van der Waals surface area (Å²) in [7, 11) is -3.52. The summed E-state index contributed by atoms with van der Waals surface area (Å²) in [6.45, 7) is 5.12. The molecule has 0 amide bonds. The van der Waals surface area contributed by atoms with E-state index in [-0.39, 0.29) is 10.3 Å². The molecule has 1 N–H and O–H groups in total. The Morgan fingerprint density at radius 3 is 2.67 bits per heavy atom. The lowest BCUT2D eigenvalue weighted by molar-refractivity contribution is -0.131. The first-order chi connectivity index (χ1) is 9.71. The van der Waals surface area contributed by atoms with Crippen LogP contribution >= 0.6 is 0 Å². The van der Waals surface area contributed by atoms with Crippen LogP contribution in [0.5, 0.6) is 0 Å². The van der Waals surface area contributed by atoms with Crippen molar-refractivity contribution < 1.29 is 18.3 Å². The minimum Gasteiger partial charge on any atom is -0.478 e. The van der Waals surface area contributed by atoms with E-state index in [0.717, 1.165) is 12.5 Å². The molecule has 6 heteroatoms. The second-order valence-corrected chi connectivity index (χ2v) is 7.93. The maximum Gasteiger partial charge on any atom is 0.328 e. The zero-order valence-corrected chi connectivity index (χ0v) is 12.9. The molecular formula is C15H19NO4S. The fourth-order valence-electron chi connectivity index (χ4n) is 2.36. The molecule has 0 bridgehead atoms. The summed E-state index contributed by atoms with van der Waals surface area (Å²) in [6.07, 6.45) is 3.21. The van der Waals surface area contributed by atoms with Crippen molar-refractivity contribution in [2.45, 2.75) is 25.2 Å². The Hall–Kier alpha value is -1.66. The van der Waals surface area contributed by atoms with E-state index >= 15 is 0 Å². The highest BCUT2D eigenvalue weighted by Crippen LogP contribution is 2.32. The lowest BCUT2D eigenvalue weighted by Gasteiger charge is -2.19. The first-order valence-corrected chi connectivity index (χ1v) is 8.16. The number of sulfonamides is 1. The maximum absolute atomic E-state index is 12.6. The van der Waals surface area contributed by atoms with Gasteiger partial charge in [0, 0.05) is 19.2 Å². The van der Waals surface area contributed by atoms with E-state index in [0.29, 0.717) is 18.7 Å². The molecule has 0 aromatic heterocycles. The van der Waals surface area contributed by atoms with Gasteiger partial charge in [-0.15, -0.1) is 0 Å². The van der Waals surface area contributed by atoms with Crippen molar-refractivity contribution in [3.63, 3.8) is 0 Å². The normalized spacial score (nSPS) is 19.1. The molecule has 1 aromatic carbocycles. The summed E-state index contributed by atoms with van der Waals surface area (Å²) < 4.78 is 26.7. The van der Waals surface area contributed by atoms with Gasteiger partial charge in [-0.2, -0.15) is 4.31 Å². The van der Waals surface area contributed by atoms with Crippen LogP contribution in [0.3, 0.4) is 0 Å². The third kappa shape index (κ3) is 3.71. The summed E-state index contributed by atoms with van der Waals surface area (Å²) in [5, 5.41) is 8.62. The monoisotopic (exact) mass is 309 g/mol. The van der Waals surface area contributed by atoms with Gasteiger partial charge in [0.25, 0.3) is 0 Å². The second kappa shape index (κ2) is 5.61. The zero-order valence-electron chi connectivity index (χ0n) is 12.1. The molecule has 1 aliphatic rings. The summed E-state index contributed by atoms with van der Waals surface area (Å²) in [6, 6.07) is 6.33. The van der Waals surface area contributed by atoms with E-state index < -0.39 is 16.0 Å². The molecule has 1 saturated heterocycles. The third-order valence-electron chi connectivity index (χ3n) is 3.56. The number of benzene rings is 1. The van der Waals surface area contributed by atoms with Crippen LogP contribution < -0.4 is 0 Å². The Labute approximate surface area is 124 Å². The van der Waals surface area contributed by atoms with Crippen molar-refractivity contribution in [2.75, 3.05) is 13.1 Å². The van der Waals surface area contributed by atoms with E-state index in [2.05, 4.69) is 13.8 Å². The summed E-state index contributed by atoms with van der Waals surface area (Å²) in [4.78, 5) is 10.7. The van der Waals surface area contributed by atoms with Crippen molar-refractivity contribution >= 4 is 22.1 Å². The van der Waals surface area contributed by atoms with Gasteiger partial charge in [0.1, 0.15) is 0 Å². The number of aliphatic carboxylic acids is 1. The predicted molar refractivity (Wildman–Crippen MR) is 80.3 cm³/mol. The number of carbonyl (C=O) groups is 1. The molecular weight excluding hydrogens is 290 g/mol. The van der Waals surface area contributed by atoms with Gasteiger partial charge in [0.05, 0.1) is 4.90 Å². The standard InChI is InChI=1S/C15H19NO4S/c1-15(2)8-9-16(11-15)21(19,20)13-5-3-4-12(10-13)6-7-14(17)18/h3-7,10H,8-9,11H2,1-2H3,(H,17,18)/b7-6+. The van der Waals surface area contributed by atoms with Gasteiger partial charge in [0.2, 0.25) is 10.0 Å². The Morgan fingerprint density at radius 2 is 2.10 bits per heavy atom. The van der Waals surface area contributed by atoms with E-state index in [1.54, 1.807) is 18.2 Å². The first-order valence-electron chi connectivity index (χ1n) is 6.72. The molecule has 0 radical (unpaired) electrons. The molecule has 0 atom stereocenters. The summed E-state index contributed by atoms with van der Waals surface area (Å²) in [5.41, 5.74) is 0.547. The fourth-order valence-corrected chi connectivity index (χ4v) is 4.05. The predicted octanol–water partition coefficient (Wildman–Crippen LogP) is 2.21. The smallest absolute Gasteiger partial charge is 0.328 e. The molecule has 0 aliphatic carbocycles. The van der Waals surface area contributed by atoms with Crippen LogP contribution in [-0.2, 0) is 14.8 Å². The van der Waals surface area contributed by atoms with Crippen LogP contribution in [0.25, 0.3) is 6.08 Å². The number of nitrogens with zero attached hydrogens (tertiary/aromatic N) is 1. The molecule has 1 fully saturated rings. The highest BCUT2D eigenvalue weighted by Gasteiger charge is 2.36. The molecule has 1 aliphatic heterocycles. The highest BCUT2D eigenvalue weighted by atomic mass is 32.2. The molecule has 5 nitrogen and oxygen atoms in total. The average molecular weight is 309 g/mol. The average Bonchev–Trinajstić information content (AvgIpc) is 2.78. The molecule has 0 saturated carbocycles. The van der Waals surface area contributed by atoms with Crippen molar-refractivity contribution in [3.8, 4) is 0 Å². The van der Waals surface area contributed by atoms with Crippen LogP contribution in [0.1, 0.15) is 25.8 Å². The molecule has 1 heterocycles. The Balaban J connectivity index is 2.29. The van der Waals surface area contributed by atoms with Crippen LogP contribution in [0, 0.1) is 5.41 Å². The van der Waals surface area contributed by atoms with Crippen LogP contribution in [0.2, 0.25) is 0 Å². The van der Waals surface area contributed by atoms with E-state index in [1.807, 2.05) is 0 Å². The minimum absolute atomic E-state index is 0.00606. The van der Waals surface area contributed by atoms with Crippen molar-refractivity contribution in [2.24, 2.45) is 5.41 Å². The minimum atomic E-state index is -3.52. The first kappa shape index (κ1) is 15.7. The van der Waals surface area contributed by atoms with Gasteiger partial charge in [0.15, 0.2) is 0 Å². The summed E-state index contributed by atoms with van der Waals surface area (Å²) in [5.74, 6) is -1.07. The molecule has 0 unspecified atom stereocenters. The van der Waals surface area contributed by atoms with Gasteiger partial charge in [-0.3, -0.25) is 0 Å². The van der Waals surface area contributed by atoms with Crippen LogP contribution in [-0.4, -0.2) is 36.9 Å². The maximum atomic E-state index is 12.6. The molecule has 0 spiro atoms. The molecule has 1 aromatic rings. The number of rotatable bonds is 4. The van der Waals surface area contributed by atoms with Crippen LogP contribution in [0.4, 0.5) is 0 Å². The number of hydrogen-bond acceptors (Lipinski definition) is 3. The van der Waals surface area contributed by atoms with Crippen molar-refractivity contribution in [1.29, 1.82) is 0 Å². The van der Waals surface area contributed by atoms with E-state index in [1.165, 1.54) is 16.4 Å². The van der Waals surface area contributed by atoms with E-state index in [4.69, 9.17) is 5.11 Å². The highest BCUT2D eigenvalue weighted by molar-refractivity contribution is 7.89. The fraction of sp³-hybridized carbons (Fsp3) is 0.400. The van der Waals surface area contributed by atoms with Crippen LogP contribution in [0.15, 0.2) is 35.2 Å². The third-order valence-corrected chi connectivity index (χ3v) is 5.40. The zero-order chi connectivity index (χ0) is 15.7. The van der Waals surface area contributed by atoms with Gasteiger partial charge in [-0.25, -0.2) is 13.2 Å². The lowest BCUT2D eigenvalue weighted by atomic mass is 9.93.